The number of likely N-dealkylation sites (tertiary alicyclic amines) is 1. The van der Waals surface area contributed by atoms with Gasteiger partial charge in [-0.25, -0.2) is 9.97 Å². The van der Waals surface area contributed by atoms with Crippen molar-refractivity contribution in [3.8, 4) is 5.75 Å². The second-order valence-electron chi connectivity index (χ2n) is 8.22. The van der Waals surface area contributed by atoms with Crippen LogP contribution in [0.15, 0.2) is 61.1 Å². The van der Waals surface area contributed by atoms with Crippen molar-refractivity contribution in [2.24, 2.45) is 0 Å². The van der Waals surface area contributed by atoms with Gasteiger partial charge in [-0.1, -0.05) is 12.1 Å². The van der Waals surface area contributed by atoms with E-state index < -0.39 is 0 Å². The SMILES string of the molecule is COc1cccc(N(C)CCC(=O)N2CCCC(c3cccc(Nc4cnccn4)n3)C2)c1. The predicted octanol–water partition coefficient (Wildman–Crippen LogP) is 3.86. The third-order valence-electron chi connectivity index (χ3n) is 5.94. The van der Waals surface area contributed by atoms with Crippen molar-refractivity contribution in [1.29, 1.82) is 0 Å². The van der Waals surface area contributed by atoms with Crippen LogP contribution in [-0.2, 0) is 4.79 Å². The minimum absolute atomic E-state index is 0.184. The monoisotopic (exact) mass is 446 g/mol. The van der Waals surface area contributed by atoms with Crippen LogP contribution in [0.4, 0.5) is 17.3 Å². The Hall–Kier alpha value is -3.68. The summed E-state index contributed by atoms with van der Waals surface area (Å²) < 4.78 is 5.30. The number of hydrogen-bond acceptors (Lipinski definition) is 7. The summed E-state index contributed by atoms with van der Waals surface area (Å²) in [6.45, 7) is 2.15. The number of carbonyl (C=O) groups is 1. The van der Waals surface area contributed by atoms with E-state index in [0.29, 0.717) is 25.3 Å². The van der Waals surface area contributed by atoms with Crippen molar-refractivity contribution in [1.82, 2.24) is 19.9 Å². The van der Waals surface area contributed by atoms with Crippen LogP contribution in [0, 0.1) is 0 Å². The summed E-state index contributed by atoms with van der Waals surface area (Å²) in [6.07, 6.45) is 7.42. The van der Waals surface area contributed by atoms with Crippen LogP contribution < -0.4 is 15.0 Å². The van der Waals surface area contributed by atoms with Crippen molar-refractivity contribution in [3.05, 3.63) is 66.7 Å². The van der Waals surface area contributed by atoms with E-state index in [1.807, 2.05) is 54.4 Å². The zero-order valence-corrected chi connectivity index (χ0v) is 19.1. The van der Waals surface area contributed by atoms with E-state index in [1.54, 1.807) is 25.7 Å². The Labute approximate surface area is 194 Å². The van der Waals surface area contributed by atoms with Crippen molar-refractivity contribution in [3.63, 3.8) is 0 Å². The second kappa shape index (κ2) is 10.8. The molecule has 1 fully saturated rings. The number of nitrogens with one attached hydrogen (secondary N) is 1. The number of methoxy groups -OCH3 is 1. The first kappa shape index (κ1) is 22.5. The van der Waals surface area contributed by atoms with Crippen LogP contribution >= 0.6 is 0 Å². The molecule has 1 unspecified atom stereocenters. The lowest BCUT2D eigenvalue weighted by molar-refractivity contribution is -0.132. The minimum atomic E-state index is 0.184. The summed E-state index contributed by atoms with van der Waals surface area (Å²) in [5.74, 6) is 2.61. The standard InChI is InChI=1S/C25H30N6O2/c1-30(20-7-3-8-21(16-20)33-2)15-11-25(32)31-14-5-6-19(18-31)22-9-4-10-23(28-22)29-24-17-26-12-13-27-24/h3-4,7-10,12-13,16-17,19H,5-6,11,14-15,18H2,1-2H3,(H,27,28,29). The fourth-order valence-corrected chi connectivity index (χ4v) is 4.09. The summed E-state index contributed by atoms with van der Waals surface area (Å²) in [4.78, 5) is 30.1. The highest BCUT2D eigenvalue weighted by Gasteiger charge is 2.25. The summed E-state index contributed by atoms with van der Waals surface area (Å²) in [7, 11) is 3.66. The fourth-order valence-electron chi connectivity index (χ4n) is 4.09. The van der Waals surface area contributed by atoms with Crippen LogP contribution in [-0.4, -0.2) is 59.6 Å². The lowest BCUT2D eigenvalue weighted by Crippen LogP contribution is -2.40. The molecular formula is C25H30N6O2. The highest BCUT2D eigenvalue weighted by atomic mass is 16.5. The Kier molecular flexibility index (Phi) is 7.34. The second-order valence-corrected chi connectivity index (χ2v) is 8.22. The molecule has 1 aromatic carbocycles. The number of ether oxygens (including phenoxy) is 1. The van der Waals surface area contributed by atoms with Gasteiger partial charge in [0.1, 0.15) is 17.4 Å². The summed E-state index contributed by atoms with van der Waals surface area (Å²) in [6, 6.07) is 13.8. The molecule has 0 bridgehead atoms. The molecule has 3 aromatic rings. The molecule has 2 aromatic heterocycles. The van der Waals surface area contributed by atoms with Crippen LogP contribution in [0.1, 0.15) is 30.9 Å². The maximum atomic E-state index is 13.0. The van der Waals surface area contributed by atoms with Gasteiger partial charge in [-0.3, -0.25) is 9.78 Å². The molecule has 8 heteroatoms. The van der Waals surface area contributed by atoms with E-state index in [4.69, 9.17) is 9.72 Å². The van der Waals surface area contributed by atoms with Crippen LogP contribution in [0.3, 0.4) is 0 Å². The molecule has 172 valence electrons. The summed E-state index contributed by atoms with van der Waals surface area (Å²) in [5.41, 5.74) is 2.03. The molecule has 0 saturated carbocycles. The maximum Gasteiger partial charge on any atom is 0.224 e. The first-order chi connectivity index (χ1) is 16.1. The van der Waals surface area contributed by atoms with E-state index in [1.165, 1.54) is 0 Å². The zero-order valence-electron chi connectivity index (χ0n) is 19.1. The third kappa shape index (κ3) is 5.97. The Morgan fingerprint density at radius 3 is 2.91 bits per heavy atom. The molecule has 33 heavy (non-hydrogen) atoms. The normalized spacial score (nSPS) is 15.7. The number of amides is 1. The number of anilines is 3. The molecule has 0 aliphatic carbocycles. The van der Waals surface area contributed by atoms with Gasteiger partial charge in [0.25, 0.3) is 0 Å². The van der Waals surface area contributed by atoms with Crippen molar-refractivity contribution < 1.29 is 9.53 Å². The largest absolute Gasteiger partial charge is 0.497 e. The van der Waals surface area contributed by atoms with Crippen molar-refractivity contribution in [2.75, 3.05) is 44.0 Å². The molecule has 1 aliphatic rings. The highest BCUT2D eigenvalue weighted by Crippen LogP contribution is 2.27. The first-order valence-electron chi connectivity index (χ1n) is 11.3. The van der Waals surface area contributed by atoms with E-state index >= 15 is 0 Å². The summed E-state index contributed by atoms with van der Waals surface area (Å²) >= 11 is 0. The Morgan fingerprint density at radius 2 is 2.09 bits per heavy atom. The molecule has 1 aliphatic heterocycles. The van der Waals surface area contributed by atoms with Gasteiger partial charge in [0.15, 0.2) is 0 Å². The quantitative estimate of drug-likeness (QED) is 0.563. The topological polar surface area (TPSA) is 83.5 Å². The number of carbonyl (C=O) groups excluding carboxylic acids is 1. The number of rotatable bonds is 8. The maximum absolute atomic E-state index is 13.0. The van der Waals surface area contributed by atoms with Crippen LogP contribution in [0.2, 0.25) is 0 Å². The van der Waals surface area contributed by atoms with E-state index in [9.17, 15) is 4.79 Å². The van der Waals surface area contributed by atoms with E-state index in [-0.39, 0.29) is 11.8 Å². The van der Waals surface area contributed by atoms with Crippen molar-refractivity contribution >= 4 is 23.2 Å². The van der Waals surface area contributed by atoms with E-state index in [2.05, 4.69) is 20.2 Å². The van der Waals surface area contributed by atoms with Gasteiger partial charge < -0.3 is 19.9 Å². The molecule has 1 atom stereocenters. The van der Waals surface area contributed by atoms with Gasteiger partial charge in [0.2, 0.25) is 5.91 Å². The molecule has 4 rings (SSSR count). The average Bonchev–Trinajstić information content (AvgIpc) is 2.88. The Morgan fingerprint density at radius 1 is 1.21 bits per heavy atom. The van der Waals surface area contributed by atoms with E-state index in [0.717, 1.165) is 42.3 Å². The van der Waals surface area contributed by atoms with Crippen LogP contribution in [0.5, 0.6) is 5.75 Å². The molecular weight excluding hydrogens is 416 g/mol. The Bertz CT molecular complexity index is 1060. The van der Waals surface area contributed by atoms with Gasteiger partial charge in [0, 0.05) is 68.9 Å². The average molecular weight is 447 g/mol. The van der Waals surface area contributed by atoms with Gasteiger partial charge in [-0.2, -0.15) is 0 Å². The fraction of sp³-hybridized carbons (Fsp3) is 0.360. The van der Waals surface area contributed by atoms with Crippen LogP contribution in [0.25, 0.3) is 0 Å². The van der Waals surface area contributed by atoms with Gasteiger partial charge in [-0.05, 0) is 37.1 Å². The lowest BCUT2D eigenvalue weighted by atomic mass is 9.94. The molecule has 0 radical (unpaired) electrons. The molecule has 3 heterocycles. The molecule has 1 N–H and O–H groups in total. The summed E-state index contributed by atoms with van der Waals surface area (Å²) in [5, 5.41) is 3.19. The smallest absolute Gasteiger partial charge is 0.224 e. The minimum Gasteiger partial charge on any atom is -0.497 e. The number of nitrogens with zero attached hydrogens (tertiary/aromatic N) is 5. The number of benzene rings is 1. The molecule has 1 saturated heterocycles. The highest BCUT2D eigenvalue weighted by molar-refractivity contribution is 5.77. The first-order valence-corrected chi connectivity index (χ1v) is 11.3. The predicted molar refractivity (Wildman–Crippen MR) is 129 cm³/mol. The zero-order chi connectivity index (χ0) is 23.0. The number of piperidine rings is 1. The van der Waals surface area contributed by atoms with Gasteiger partial charge in [-0.15, -0.1) is 0 Å². The number of aromatic nitrogens is 3. The molecule has 0 spiro atoms. The Balaban J connectivity index is 1.34. The number of pyridine rings is 1. The molecule has 8 nitrogen and oxygen atoms in total. The van der Waals surface area contributed by atoms with Gasteiger partial charge in [0.05, 0.1) is 13.3 Å². The molecule has 1 amide bonds. The number of hydrogen-bond donors (Lipinski definition) is 1. The van der Waals surface area contributed by atoms with Gasteiger partial charge >= 0.3 is 0 Å². The third-order valence-corrected chi connectivity index (χ3v) is 5.94. The lowest BCUT2D eigenvalue weighted by Gasteiger charge is -2.33. The van der Waals surface area contributed by atoms with Crippen molar-refractivity contribution in [2.45, 2.75) is 25.2 Å².